The summed E-state index contributed by atoms with van der Waals surface area (Å²) in [6, 6.07) is 1.78. The summed E-state index contributed by atoms with van der Waals surface area (Å²) in [6.45, 7) is -0.317. The minimum absolute atomic E-state index is 0.185. The summed E-state index contributed by atoms with van der Waals surface area (Å²) in [6.07, 6.45) is 0. The van der Waals surface area contributed by atoms with Crippen LogP contribution in [0.15, 0.2) is 21.4 Å². The van der Waals surface area contributed by atoms with Gasteiger partial charge >= 0.3 is 5.97 Å². The average Bonchev–Trinajstić information content (AvgIpc) is 3.05. The van der Waals surface area contributed by atoms with Gasteiger partial charge < -0.3 is 10.1 Å². The fourth-order valence-electron chi connectivity index (χ4n) is 1.65. The number of rotatable bonds is 5. The van der Waals surface area contributed by atoms with Gasteiger partial charge in [-0.2, -0.15) is 0 Å². The quantitative estimate of drug-likeness (QED) is 0.644. The van der Waals surface area contributed by atoms with Crippen molar-refractivity contribution in [3.8, 4) is 0 Å². The van der Waals surface area contributed by atoms with Crippen molar-refractivity contribution in [3.05, 3.63) is 27.6 Å². The molecule has 0 aromatic carbocycles. The van der Waals surface area contributed by atoms with E-state index in [9.17, 15) is 9.59 Å². The van der Waals surface area contributed by atoms with Gasteiger partial charge in [0.1, 0.15) is 17.1 Å². The van der Waals surface area contributed by atoms with Crippen molar-refractivity contribution in [2.45, 2.75) is 17.5 Å². The number of fused-ring (bicyclic) bond motifs is 1. The molecule has 0 bridgehead atoms. The highest BCUT2D eigenvalue weighted by Gasteiger charge is 2.11. The number of carboxylic acid groups (broad SMARTS) is 1. The van der Waals surface area contributed by atoms with Crippen molar-refractivity contribution in [2.75, 3.05) is 0 Å². The number of thiophene rings is 1. The van der Waals surface area contributed by atoms with Gasteiger partial charge in [0.15, 0.2) is 0 Å². The molecule has 2 N–H and O–H groups in total. The lowest BCUT2D eigenvalue weighted by atomic mass is 10.4. The van der Waals surface area contributed by atoms with Crippen molar-refractivity contribution in [1.29, 1.82) is 0 Å². The first-order valence-corrected chi connectivity index (χ1v) is 7.57. The number of nitrogens with zero attached hydrogens (tertiary/aromatic N) is 5. The zero-order valence-electron chi connectivity index (χ0n) is 10.4. The maximum absolute atomic E-state index is 11.8. The number of thioether (sulfide) groups is 1. The molecule has 3 rings (SSSR count). The molecule has 0 saturated heterocycles. The highest BCUT2D eigenvalue weighted by Crippen LogP contribution is 2.19. The molecule has 11 heteroatoms. The molecule has 0 aliphatic carbocycles. The molecule has 0 amide bonds. The van der Waals surface area contributed by atoms with Crippen molar-refractivity contribution < 1.29 is 9.90 Å². The lowest BCUT2D eigenvalue weighted by Crippen LogP contribution is -2.12. The molecule has 0 unspecified atom stereocenters. The van der Waals surface area contributed by atoms with E-state index in [-0.39, 0.29) is 12.1 Å². The Morgan fingerprint density at radius 1 is 1.52 bits per heavy atom. The van der Waals surface area contributed by atoms with Gasteiger partial charge in [0, 0.05) is 0 Å². The fraction of sp³-hybridized carbons (Fsp3) is 0.200. The van der Waals surface area contributed by atoms with E-state index in [0.29, 0.717) is 27.0 Å². The molecule has 0 fully saturated rings. The summed E-state index contributed by atoms with van der Waals surface area (Å²) in [5, 5.41) is 21.7. The van der Waals surface area contributed by atoms with Crippen LogP contribution in [0.25, 0.3) is 10.2 Å². The van der Waals surface area contributed by atoms with Crippen molar-refractivity contribution in [1.82, 2.24) is 30.2 Å². The van der Waals surface area contributed by atoms with Gasteiger partial charge in [-0.1, -0.05) is 11.8 Å². The lowest BCUT2D eigenvalue weighted by Gasteiger charge is -2.01. The molecule has 3 aromatic heterocycles. The lowest BCUT2D eigenvalue weighted by molar-refractivity contribution is -0.138. The van der Waals surface area contributed by atoms with E-state index in [2.05, 4.69) is 25.5 Å². The second-order valence-electron chi connectivity index (χ2n) is 3.95. The second kappa shape index (κ2) is 5.61. The van der Waals surface area contributed by atoms with E-state index in [4.69, 9.17) is 5.11 Å². The molecular weight excluding hydrogens is 316 g/mol. The van der Waals surface area contributed by atoms with Crippen LogP contribution in [0, 0.1) is 0 Å². The van der Waals surface area contributed by atoms with E-state index in [0.717, 1.165) is 0 Å². The fourth-order valence-corrected chi connectivity index (χ4v) is 3.12. The third kappa shape index (κ3) is 2.92. The predicted molar refractivity (Wildman–Crippen MR) is 75.3 cm³/mol. The Labute approximate surface area is 125 Å². The van der Waals surface area contributed by atoms with Crippen LogP contribution in [-0.2, 0) is 17.1 Å². The first-order valence-electron chi connectivity index (χ1n) is 5.70. The van der Waals surface area contributed by atoms with E-state index in [1.807, 2.05) is 0 Å². The Morgan fingerprint density at radius 3 is 3.19 bits per heavy atom. The summed E-state index contributed by atoms with van der Waals surface area (Å²) in [5.41, 5.74) is 0.459. The monoisotopic (exact) mass is 324 g/mol. The van der Waals surface area contributed by atoms with Gasteiger partial charge in [-0.25, -0.2) is 9.67 Å². The van der Waals surface area contributed by atoms with Crippen LogP contribution in [0.5, 0.6) is 0 Å². The Morgan fingerprint density at radius 2 is 2.38 bits per heavy atom. The molecule has 0 aliphatic heterocycles. The summed E-state index contributed by atoms with van der Waals surface area (Å²) < 4.78 is 1.76. The van der Waals surface area contributed by atoms with Crippen molar-refractivity contribution >= 4 is 39.3 Å². The van der Waals surface area contributed by atoms with Crippen molar-refractivity contribution in [3.63, 3.8) is 0 Å². The van der Waals surface area contributed by atoms with Crippen LogP contribution in [0.3, 0.4) is 0 Å². The smallest absolute Gasteiger partial charge is 0.325 e. The molecule has 108 valence electrons. The Hall–Kier alpha value is -2.27. The van der Waals surface area contributed by atoms with Crippen LogP contribution in [-0.4, -0.2) is 41.3 Å². The Kier molecular flexibility index (Phi) is 3.66. The van der Waals surface area contributed by atoms with E-state index in [1.54, 1.807) is 11.4 Å². The molecule has 0 radical (unpaired) electrons. The number of aromatic amines is 1. The number of tetrazole rings is 1. The second-order valence-corrected chi connectivity index (χ2v) is 5.81. The van der Waals surface area contributed by atoms with Crippen LogP contribution >= 0.6 is 23.1 Å². The maximum atomic E-state index is 11.8. The SMILES string of the molecule is O=C(O)Cn1nnnc1SCc1nc2ccsc2c(=O)[nH]1. The molecule has 9 nitrogen and oxygen atoms in total. The standard InChI is InChI=1S/C10H8N6O3S2/c17-7(18)3-16-10(13-14-15-16)21-4-6-11-5-1-2-20-8(5)9(19)12-6/h1-2H,3-4H2,(H,17,18)(H,11,12,19). The summed E-state index contributed by atoms with van der Waals surface area (Å²) in [7, 11) is 0. The molecule has 0 aliphatic rings. The highest BCUT2D eigenvalue weighted by molar-refractivity contribution is 7.98. The summed E-state index contributed by atoms with van der Waals surface area (Å²) in [5.74, 6) is -0.211. The number of aliphatic carboxylic acids is 1. The largest absolute Gasteiger partial charge is 0.480 e. The van der Waals surface area contributed by atoms with E-state index < -0.39 is 5.97 Å². The molecule has 21 heavy (non-hydrogen) atoms. The molecule has 0 saturated carbocycles. The minimum Gasteiger partial charge on any atom is -0.480 e. The predicted octanol–water partition coefficient (Wildman–Crippen LogP) is 0.348. The van der Waals surface area contributed by atoms with Crippen LogP contribution in [0.1, 0.15) is 5.82 Å². The van der Waals surface area contributed by atoms with Gasteiger partial charge in [0.25, 0.3) is 5.56 Å². The van der Waals surface area contributed by atoms with Crippen LogP contribution < -0.4 is 5.56 Å². The number of H-pyrrole nitrogens is 1. The first kappa shape index (κ1) is 13.7. The van der Waals surface area contributed by atoms with Gasteiger partial charge in [-0.3, -0.25) is 9.59 Å². The molecule has 3 aromatic rings. The normalized spacial score (nSPS) is 11.0. The van der Waals surface area contributed by atoms with Gasteiger partial charge in [-0.05, 0) is 21.9 Å². The minimum atomic E-state index is -1.03. The van der Waals surface area contributed by atoms with Gasteiger partial charge in [0.2, 0.25) is 5.16 Å². The van der Waals surface area contributed by atoms with E-state index >= 15 is 0 Å². The third-order valence-electron chi connectivity index (χ3n) is 2.49. The maximum Gasteiger partial charge on any atom is 0.325 e. The van der Waals surface area contributed by atoms with Gasteiger partial charge in [-0.15, -0.1) is 16.4 Å². The molecule has 0 spiro atoms. The Bertz CT molecular complexity index is 854. The number of aromatic nitrogens is 6. The number of carbonyl (C=O) groups is 1. The molecule has 0 atom stereocenters. The zero-order valence-corrected chi connectivity index (χ0v) is 12.0. The first-order chi connectivity index (χ1) is 10.1. The highest BCUT2D eigenvalue weighted by atomic mass is 32.2. The third-order valence-corrected chi connectivity index (χ3v) is 4.36. The van der Waals surface area contributed by atoms with Gasteiger partial charge in [0.05, 0.1) is 11.3 Å². The number of hydrogen-bond donors (Lipinski definition) is 2. The van der Waals surface area contributed by atoms with E-state index in [1.165, 1.54) is 27.8 Å². The summed E-state index contributed by atoms with van der Waals surface area (Å²) in [4.78, 5) is 29.5. The Balaban J connectivity index is 1.79. The van der Waals surface area contributed by atoms with Crippen molar-refractivity contribution in [2.24, 2.45) is 0 Å². The number of hydrogen-bond acceptors (Lipinski definition) is 8. The zero-order chi connectivity index (χ0) is 14.8. The molecular formula is C10H8N6O3S2. The number of nitrogens with one attached hydrogen (secondary N) is 1. The van der Waals surface area contributed by atoms with Crippen LogP contribution in [0.4, 0.5) is 0 Å². The topological polar surface area (TPSA) is 127 Å². The molecule has 3 heterocycles. The van der Waals surface area contributed by atoms with Crippen LogP contribution in [0.2, 0.25) is 0 Å². The average molecular weight is 324 g/mol. The number of carboxylic acids is 1. The summed E-state index contributed by atoms with van der Waals surface area (Å²) >= 11 is 2.54.